The van der Waals surface area contributed by atoms with E-state index in [0.29, 0.717) is 0 Å². The molecule has 0 unspecified atom stereocenters. The van der Waals surface area contributed by atoms with Crippen LogP contribution in [0.5, 0.6) is 11.5 Å². The minimum absolute atomic E-state index is 0. The number of hydrogen-bond donors (Lipinski definition) is 0. The molecular weight excluding hydrogens is 376 g/mol. The van der Waals surface area contributed by atoms with E-state index in [2.05, 4.69) is 42.5 Å². The van der Waals surface area contributed by atoms with Gasteiger partial charge >= 0.3 is 21.7 Å². The van der Waals surface area contributed by atoms with E-state index in [1.807, 2.05) is 30.3 Å². The van der Waals surface area contributed by atoms with Crippen LogP contribution < -0.4 is 19.7 Å². The maximum absolute atomic E-state index is 8.25. The number of benzene rings is 2. The van der Waals surface area contributed by atoms with Gasteiger partial charge in [-0.3, -0.25) is 0 Å². The van der Waals surface area contributed by atoms with E-state index in [1.165, 1.54) is 10.8 Å². The molecule has 0 spiro atoms. The first kappa shape index (κ1) is 24.9. The summed E-state index contributed by atoms with van der Waals surface area (Å²) in [6.45, 7) is 0. The van der Waals surface area contributed by atoms with E-state index in [4.69, 9.17) is 19.7 Å². The number of methoxy groups -OCH3 is 2. The summed E-state index contributed by atoms with van der Waals surface area (Å²) in [6.07, 6.45) is 0. The Bertz CT molecular complexity index is 850. The second-order valence-corrected chi connectivity index (χ2v) is 4.99. The van der Waals surface area contributed by atoms with Crippen LogP contribution >= 0.6 is 0 Å². The van der Waals surface area contributed by atoms with Crippen molar-refractivity contribution < 1.29 is 41.4 Å². The molecule has 27 heavy (non-hydrogen) atoms. The fourth-order valence-electron chi connectivity index (χ4n) is 2.60. The van der Waals surface area contributed by atoms with Gasteiger partial charge in [0.25, 0.3) is 0 Å². The first-order valence-corrected chi connectivity index (χ1v) is 8.02. The van der Waals surface area contributed by atoms with E-state index in [1.54, 1.807) is 14.2 Å². The first-order chi connectivity index (χ1) is 12.8. The van der Waals surface area contributed by atoms with Crippen molar-refractivity contribution >= 4 is 21.5 Å². The van der Waals surface area contributed by atoms with Crippen LogP contribution in [0.15, 0.2) is 72.8 Å². The van der Waals surface area contributed by atoms with Crippen LogP contribution in [0.25, 0.3) is 21.5 Å². The third-order valence-corrected chi connectivity index (χ3v) is 3.69. The molecule has 0 radical (unpaired) electrons. The maximum Gasteiger partial charge on any atom is 4.00 e. The van der Waals surface area contributed by atoms with Crippen LogP contribution in [0.4, 0.5) is 0 Å². The fraction of sp³-hybridized carbons (Fsp3) is 0.182. The van der Waals surface area contributed by atoms with Crippen molar-refractivity contribution in [2.24, 2.45) is 0 Å². The zero-order valence-corrected chi connectivity index (χ0v) is 17.6. The Balaban J connectivity index is 0.000000425. The molecule has 0 bridgehead atoms. The Morgan fingerprint density at radius 2 is 1.33 bits per heavy atom. The number of fused-ring (bicyclic) bond motifs is 2. The largest absolute Gasteiger partial charge is 4.00 e. The third-order valence-electron chi connectivity index (χ3n) is 3.69. The second kappa shape index (κ2) is 14.0. The Morgan fingerprint density at radius 3 is 1.93 bits per heavy atom. The Kier molecular flexibility index (Phi) is 12.9. The van der Waals surface area contributed by atoms with Crippen molar-refractivity contribution in [2.45, 2.75) is 0 Å². The van der Waals surface area contributed by atoms with Gasteiger partial charge in [0.1, 0.15) is 0 Å². The van der Waals surface area contributed by atoms with Gasteiger partial charge in [0.2, 0.25) is 0 Å². The van der Waals surface area contributed by atoms with Gasteiger partial charge in [-0.2, -0.15) is 31.7 Å². The molecule has 0 saturated carbocycles. The van der Waals surface area contributed by atoms with Crippen LogP contribution in [-0.2, 0) is 21.7 Å². The van der Waals surface area contributed by atoms with Gasteiger partial charge in [0.05, 0.1) is 25.7 Å². The molecule has 0 aliphatic rings. The van der Waals surface area contributed by atoms with Gasteiger partial charge in [0, 0.05) is 0 Å². The summed E-state index contributed by atoms with van der Waals surface area (Å²) in [7, 11) is 4.81. The molecule has 0 N–H and O–H groups in total. The van der Waals surface area contributed by atoms with E-state index in [9.17, 15) is 0 Å². The Labute approximate surface area is 175 Å². The summed E-state index contributed by atoms with van der Waals surface area (Å²) in [5.74, 6) is 1.61. The Morgan fingerprint density at radius 1 is 0.741 bits per heavy atom. The standard InChI is InChI=1S/C11H11O2.C9H7.2CH3O.Ti/c1-12-10-7-8-5-3-4-6-9(8)11(10)13-2;1-2-5-9-7-3-6-8(9)4-1;2*1-2;/h3-7H,1-2H3;1-7H;2*1H3;/q4*-1;+4. The molecule has 140 valence electrons. The number of hydrogen-bond acceptors (Lipinski definition) is 4. The van der Waals surface area contributed by atoms with Crippen LogP contribution in [-0.4, -0.2) is 28.4 Å². The second-order valence-electron chi connectivity index (χ2n) is 4.99. The maximum atomic E-state index is 8.25. The minimum Gasteiger partial charge on any atom is -0.857 e. The average molecular weight is 400 g/mol. The van der Waals surface area contributed by atoms with Gasteiger partial charge in [-0.25, -0.2) is 0 Å². The van der Waals surface area contributed by atoms with Crippen molar-refractivity contribution in [3.8, 4) is 11.5 Å². The number of ether oxygens (including phenoxy) is 2. The van der Waals surface area contributed by atoms with Gasteiger partial charge in [-0.05, 0) is 0 Å². The van der Waals surface area contributed by atoms with Crippen LogP contribution in [0, 0.1) is 0 Å². The number of rotatable bonds is 2. The molecular formula is C22H24O4Ti. The molecule has 0 atom stereocenters. The predicted octanol–water partition coefficient (Wildman–Crippen LogP) is 3.09. The van der Waals surface area contributed by atoms with Crippen molar-refractivity contribution in [3.63, 3.8) is 0 Å². The SMILES string of the molecule is COc1[cH-]c2ccccc2c1OC.C[O-].C[O-].[Ti+4].c1ccc2[cH-]ccc2c1. The molecule has 0 aromatic heterocycles. The molecule has 0 heterocycles. The minimum atomic E-state index is 0. The normalized spacial score (nSPS) is 8.81. The topological polar surface area (TPSA) is 64.6 Å². The van der Waals surface area contributed by atoms with E-state index in [-0.39, 0.29) is 21.7 Å². The zero-order chi connectivity index (χ0) is 19.4. The van der Waals surface area contributed by atoms with Crippen LogP contribution in [0.2, 0.25) is 0 Å². The monoisotopic (exact) mass is 400 g/mol. The molecule has 4 aromatic carbocycles. The van der Waals surface area contributed by atoms with E-state index in [0.717, 1.165) is 36.5 Å². The van der Waals surface area contributed by atoms with Gasteiger partial charge in [-0.1, -0.05) is 17.5 Å². The van der Waals surface area contributed by atoms with Crippen molar-refractivity contribution in [3.05, 3.63) is 72.8 Å². The fourth-order valence-corrected chi connectivity index (χ4v) is 2.60. The van der Waals surface area contributed by atoms with Crippen LogP contribution in [0.3, 0.4) is 0 Å². The summed E-state index contributed by atoms with van der Waals surface area (Å²) in [6, 6.07) is 24.7. The van der Waals surface area contributed by atoms with Gasteiger partial charge < -0.3 is 19.7 Å². The third kappa shape index (κ3) is 6.53. The molecule has 0 aliphatic heterocycles. The molecule has 0 saturated heterocycles. The summed E-state index contributed by atoms with van der Waals surface area (Å²) in [4.78, 5) is 0. The summed E-state index contributed by atoms with van der Waals surface area (Å²) >= 11 is 0. The molecule has 0 fully saturated rings. The van der Waals surface area contributed by atoms with Gasteiger partial charge in [-0.15, -0.1) is 59.3 Å². The Hall–Kier alpha value is -2.11. The molecule has 4 nitrogen and oxygen atoms in total. The molecule has 5 heteroatoms. The van der Waals surface area contributed by atoms with Crippen molar-refractivity contribution in [2.75, 3.05) is 28.4 Å². The molecule has 0 amide bonds. The smallest absolute Gasteiger partial charge is 0.857 e. The van der Waals surface area contributed by atoms with E-state index < -0.39 is 0 Å². The summed E-state index contributed by atoms with van der Waals surface area (Å²) in [5.41, 5.74) is 0. The summed E-state index contributed by atoms with van der Waals surface area (Å²) < 4.78 is 10.5. The van der Waals surface area contributed by atoms with Gasteiger partial charge in [0.15, 0.2) is 0 Å². The predicted molar refractivity (Wildman–Crippen MR) is 104 cm³/mol. The molecule has 4 aromatic rings. The van der Waals surface area contributed by atoms with Crippen molar-refractivity contribution in [1.82, 2.24) is 0 Å². The summed E-state index contributed by atoms with van der Waals surface area (Å²) in [5, 5.41) is 21.4. The van der Waals surface area contributed by atoms with Crippen molar-refractivity contribution in [1.29, 1.82) is 0 Å². The first-order valence-electron chi connectivity index (χ1n) is 8.02. The molecule has 4 rings (SSSR count). The average Bonchev–Trinajstić information content (AvgIpc) is 3.35. The molecule has 0 aliphatic carbocycles. The quantitative estimate of drug-likeness (QED) is 0.383. The van der Waals surface area contributed by atoms with E-state index >= 15 is 0 Å². The zero-order valence-electron chi connectivity index (χ0n) is 16.1. The van der Waals surface area contributed by atoms with Crippen LogP contribution in [0.1, 0.15) is 0 Å².